The number of halogens is 1. The molecule has 1 saturated carbocycles. The molecule has 0 unspecified atom stereocenters. The van der Waals surface area contributed by atoms with E-state index in [0.717, 1.165) is 32.1 Å². The molecule has 1 aliphatic rings. The van der Waals surface area contributed by atoms with E-state index in [1.54, 1.807) is 36.8 Å². The fourth-order valence-electron chi connectivity index (χ4n) is 3.96. The Bertz CT molecular complexity index is 1030. The molecule has 31 heavy (non-hydrogen) atoms. The number of carboxylic acid groups (broad SMARTS) is 1. The maximum absolute atomic E-state index is 14.1. The van der Waals surface area contributed by atoms with Crippen molar-refractivity contribution in [2.45, 2.75) is 38.1 Å². The van der Waals surface area contributed by atoms with Crippen LogP contribution in [0.3, 0.4) is 0 Å². The molecule has 1 aromatic carbocycles. The first-order valence-corrected chi connectivity index (χ1v) is 10.3. The van der Waals surface area contributed by atoms with Gasteiger partial charge in [0.15, 0.2) is 5.75 Å². The van der Waals surface area contributed by atoms with Crippen LogP contribution < -0.4 is 10.1 Å². The van der Waals surface area contributed by atoms with Gasteiger partial charge in [-0.2, -0.15) is 5.10 Å². The van der Waals surface area contributed by atoms with Crippen molar-refractivity contribution in [2.24, 2.45) is 5.92 Å². The molecule has 0 saturated heterocycles. The Hall–Kier alpha value is -3.49. The molecule has 0 radical (unpaired) electrons. The van der Waals surface area contributed by atoms with Gasteiger partial charge < -0.3 is 15.2 Å². The van der Waals surface area contributed by atoms with Gasteiger partial charge in [-0.15, -0.1) is 0 Å². The van der Waals surface area contributed by atoms with Crippen molar-refractivity contribution in [1.29, 1.82) is 0 Å². The van der Waals surface area contributed by atoms with Gasteiger partial charge in [0, 0.05) is 17.8 Å². The van der Waals surface area contributed by atoms with Crippen molar-refractivity contribution in [3.63, 3.8) is 0 Å². The SMILES string of the molecule is O=C(O)N[C@H]1CC[C@@H](CCOc2cncnc2-c2cnn(-c3ccccc3F)c2)CC1. The summed E-state index contributed by atoms with van der Waals surface area (Å²) in [4.78, 5) is 19.2. The van der Waals surface area contributed by atoms with E-state index in [0.29, 0.717) is 35.2 Å². The number of ether oxygens (including phenoxy) is 1. The number of hydrogen-bond acceptors (Lipinski definition) is 5. The summed E-state index contributed by atoms with van der Waals surface area (Å²) < 4.78 is 21.5. The van der Waals surface area contributed by atoms with Crippen molar-refractivity contribution >= 4 is 6.09 Å². The molecule has 0 atom stereocenters. The van der Waals surface area contributed by atoms with Crippen LogP contribution >= 0.6 is 0 Å². The number of aromatic nitrogens is 4. The third-order valence-electron chi connectivity index (χ3n) is 5.59. The van der Waals surface area contributed by atoms with E-state index in [1.165, 1.54) is 17.1 Å². The summed E-state index contributed by atoms with van der Waals surface area (Å²) >= 11 is 0. The third kappa shape index (κ3) is 5.17. The zero-order chi connectivity index (χ0) is 21.6. The predicted molar refractivity (Wildman–Crippen MR) is 112 cm³/mol. The Kier molecular flexibility index (Phi) is 6.40. The monoisotopic (exact) mass is 425 g/mol. The summed E-state index contributed by atoms with van der Waals surface area (Å²) in [5, 5.41) is 15.7. The van der Waals surface area contributed by atoms with E-state index in [4.69, 9.17) is 9.84 Å². The van der Waals surface area contributed by atoms with Gasteiger partial charge >= 0.3 is 6.09 Å². The number of benzene rings is 1. The van der Waals surface area contributed by atoms with Crippen LogP contribution in [0, 0.1) is 11.7 Å². The van der Waals surface area contributed by atoms with Gasteiger partial charge in [-0.05, 0) is 50.2 Å². The van der Waals surface area contributed by atoms with Crippen LogP contribution in [0.5, 0.6) is 5.75 Å². The molecule has 3 aromatic rings. The number of nitrogens with zero attached hydrogens (tertiary/aromatic N) is 4. The van der Waals surface area contributed by atoms with Gasteiger partial charge in [0.05, 0.1) is 19.0 Å². The van der Waals surface area contributed by atoms with E-state index < -0.39 is 6.09 Å². The fourth-order valence-corrected chi connectivity index (χ4v) is 3.96. The molecule has 4 rings (SSSR count). The second-order valence-corrected chi connectivity index (χ2v) is 7.66. The van der Waals surface area contributed by atoms with Gasteiger partial charge in [-0.3, -0.25) is 0 Å². The first-order chi connectivity index (χ1) is 15.1. The van der Waals surface area contributed by atoms with Crippen LogP contribution in [-0.4, -0.2) is 43.6 Å². The number of para-hydroxylation sites is 1. The van der Waals surface area contributed by atoms with Crippen LogP contribution in [0.4, 0.5) is 9.18 Å². The standard InChI is InChI=1S/C22H24FN5O3/c23-18-3-1-2-4-19(18)28-13-16(11-26-28)21-20(12-24-14-25-21)31-10-9-15-5-7-17(8-6-15)27-22(29)30/h1-4,11-15,17,27H,5-10H2,(H,29,30)/t15-,17+. The lowest BCUT2D eigenvalue weighted by molar-refractivity contribution is 0.178. The van der Waals surface area contributed by atoms with Crippen molar-refractivity contribution in [1.82, 2.24) is 25.1 Å². The van der Waals surface area contributed by atoms with Crippen molar-refractivity contribution < 1.29 is 19.0 Å². The zero-order valence-electron chi connectivity index (χ0n) is 16.9. The molecule has 1 amide bonds. The van der Waals surface area contributed by atoms with Crippen LogP contribution in [-0.2, 0) is 0 Å². The number of amides is 1. The molecular formula is C22H24FN5O3. The highest BCUT2D eigenvalue weighted by Crippen LogP contribution is 2.30. The molecule has 162 valence electrons. The minimum atomic E-state index is -0.957. The highest BCUT2D eigenvalue weighted by atomic mass is 19.1. The highest BCUT2D eigenvalue weighted by molar-refractivity contribution is 5.65. The smallest absolute Gasteiger partial charge is 0.404 e. The normalized spacial score (nSPS) is 18.5. The van der Waals surface area contributed by atoms with Crippen LogP contribution in [0.15, 0.2) is 49.2 Å². The zero-order valence-corrected chi connectivity index (χ0v) is 16.9. The number of carbonyl (C=O) groups is 1. The molecule has 1 aliphatic carbocycles. The summed E-state index contributed by atoms with van der Waals surface area (Å²) in [7, 11) is 0. The third-order valence-corrected chi connectivity index (χ3v) is 5.59. The Balaban J connectivity index is 1.37. The van der Waals surface area contributed by atoms with Crippen LogP contribution in [0.2, 0.25) is 0 Å². The van der Waals surface area contributed by atoms with Crippen molar-refractivity contribution in [3.05, 3.63) is 55.0 Å². The minimum absolute atomic E-state index is 0.0507. The second kappa shape index (κ2) is 9.55. The second-order valence-electron chi connectivity index (χ2n) is 7.66. The highest BCUT2D eigenvalue weighted by Gasteiger charge is 2.22. The van der Waals surface area contributed by atoms with Crippen LogP contribution in [0.1, 0.15) is 32.1 Å². The summed E-state index contributed by atoms with van der Waals surface area (Å²) in [5.41, 5.74) is 1.67. The molecule has 0 aliphatic heterocycles. The van der Waals surface area contributed by atoms with Gasteiger partial charge in [0.25, 0.3) is 0 Å². The van der Waals surface area contributed by atoms with Gasteiger partial charge in [0.2, 0.25) is 0 Å². The minimum Gasteiger partial charge on any atom is -0.490 e. The quantitative estimate of drug-likeness (QED) is 0.592. The molecule has 9 heteroatoms. The van der Waals surface area contributed by atoms with E-state index in [9.17, 15) is 9.18 Å². The van der Waals surface area contributed by atoms with E-state index in [-0.39, 0.29) is 11.9 Å². The Morgan fingerprint density at radius 1 is 1.23 bits per heavy atom. The molecule has 8 nitrogen and oxygen atoms in total. The maximum atomic E-state index is 14.1. The Morgan fingerprint density at radius 3 is 2.81 bits per heavy atom. The summed E-state index contributed by atoms with van der Waals surface area (Å²) in [6.45, 7) is 0.517. The molecule has 0 bridgehead atoms. The largest absolute Gasteiger partial charge is 0.490 e. The number of rotatable bonds is 7. The van der Waals surface area contributed by atoms with Crippen molar-refractivity contribution in [2.75, 3.05) is 6.61 Å². The summed E-state index contributed by atoms with van der Waals surface area (Å²) in [5.74, 6) is 0.699. The topological polar surface area (TPSA) is 102 Å². The lowest BCUT2D eigenvalue weighted by atomic mass is 9.84. The molecule has 1 fully saturated rings. The Morgan fingerprint density at radius 2 is 2.03 bits per heavy atom. The fraction of sp³-hybridized carbons (Fsp3) is 0.364. The van der Waals surface area contributed by atoms with E-state index >= 15 is 0 Å². The van der Waals surface area contributed by atoms with E-state index in [1.807, 2.05) is 0 Å². The number of hydrogen-bond donors (Lipinski definition) is 2. The predicted octanol–water partition coefficient (Wildman–Crippen LogP) is 4.06. The number of nitrogens with one attached hydrogen (secondary N) is 1. The molecule has 2 N–H and O–H groups in total. The van der Waals surface area contributed by atoms with Crippen molar-refractivity contribution in [3.8, 4) is 22.7 Å². The Labute approximate surface area is 179 Å². The first-order valence-electron chi connectivity index (χ1n) is 10.3. The van der Waals surface area contributed by atoms with Gasteiger partial charge in [-0.1, -0.05) is 12.1 Å². The lowest BCUT2D eigenvalue weighted by Crippen LogP contribution is -2.36. The maximum Gasteiger partial charge on any atom is 0.404 e. The van der Waals surface area contributed by atoms with Crippen LogP contribution in [0.25, 0.3) is 16.9 Å². The molecular weight excluding hydrogens is 401 g/mol. The average Bonchev–Trinajstić information content (AvgIpc) is 3.25. The summed E-state index contributed by atoms with van der Waals surface area (Å²) in [6.07, 6.45) is 9.98. The average molecular weight is 425 g/mol. The lowest BCUT2D eigenvalue weighted by Gasteiger charge is -2.28. The summed E-state index contributed by atoms with van der Waals surface area (Å²) in [6, 6.07) is 6.49. The van der Waals surface area contributed by atoms with E-state index in [2.05, 4.69) is 20.4 Å². The molecule has 2 aromatic heterocycles. The van der Waals surface area contributed by atoms with Gasteiger partial charge in [0.1, 0.15) is 23.5 Å². The first kappa shape index (κ1) is 20.8. The molecule has 2 heterocycles. The molecule has 0 spiro atoms. The van der Waals surface area contributed by atoms with Gasteiger partial charge in [-0.25, -0.2) is 23.8 Å².